The summed E-state index contributed by atoms with van der Waals surface area (Å²) in [5, 5.41) is 23.4. The van der Waals surface area contributed by atoms with Crippen molar-refractivity contribution in [3.8, 4) is 11.1 Å². The standard InChI is InChI=1S/C24H28N2O6/c1-14(11-12-21(28)26-22(15(2)27)23(29)30)25-24(31)32-13-20-18-9-5-3-7-16(18)17-8-4-6-10-19(17)20/h3-10,14-15,20,22,27H,11-13H2,1-2H3,(H,25,31)(H,26,28)(H,29,30)/t14?,15-,22+/m1/s1. The average molecular weight is 440 g/mol. The van der Waals surface area contributed by atoms with Crippen LogP contribution in [0.3, 0.4) is 0 Å². The second kappa shape index (κ2) is 10.3. The monoisotopic (exact) mass is 440 g/mol. The van der Waals surface area contributed by atoms with Gasteiger partial charge < -0.3 is 25.6 Å². The Kier molecular flexibility index (Phi) is 7.48. The molecule has 2 aromatic rings. The number of amides is 2. The van der Waals surface area contributed by atoms with Crippen molar-refractivity contribution in [2.75, 3.05) is 6.61 Å². The van der Waals surface area contributed by atoms with Crippen molar-refractivity contribution >= 4 is 18.0 Å². The van der Waals surface area contributed by atoms with Gasteiger partial charge in [0.05, 0.1) is 6.10 Å². The lowest BCUT2D eigenvalue weighted by atomic mass is 9.98. The van der Waals surface area contributed by atoms with Gasteiger partial charge in [0.2, 0.25) is 5.91 Å². The number of carbonyl (C=O) groups is 3. The van der Waals surface area contributed by atoms with Crippen LogP contribution in [0.15, 0.2) is 48.5 Å². The lowest BCUT2D eigenvalue weighted by molar-refractivity contribution is -0.144. The number of ether oxygens (including phenoxy) is 1. The molecule has 3 rings (SSSR count). The minimum Gasteiger partial charge on any atom is -0.480 e. The summed E-state index contributed by atoms with van der Waals surface area (Å²) in [6, 6.07) is 14.4. The molecule has 0 spiro atoms. The van der Waals surface area contributed by atoms with E-state index in [0.717, 1.165) is 22.3 Å². The second-order valence-corrected chi connectivity index (χ2v) is 8.03. The van der Waals surface area contributed by atoms with Crippen LogP contribution in [-0.2, 0) is 14.3 Å². The molecule has 170 valence electrons. The van der Waals surface area contributed by atoms with Crippen LogP contribution in [0.4, 0.5) is 4.79 Å². The topological polar surface area (TPSA) is 125 Å². The minimum atomic E-state index is -1.37. The van der Waals surface area contributed by atoms with Gasteiger partial charge in [-0.3, -0.25) is 4.79 Å². The molecule has 0 saturated heterocycles. The van der Waals surface area contributed by atoms with Gasteiger partial charge in [0.25, 0.3) is 0 Å². The summed E-state index contributed by atoms with van der Waals surface area (Å²) in [4.78, 5) is 35.3. The number of carboxylic acid groups (broad SMARTS) is 1. The van der Waals surface area contributed by atoms with E-state index < -0.39 is 30.1 Å². The number of rotatable bonds is 9. The third-order valence-corrected chi connectivity index (χ3v) is 5.58. The van der Waals surface area contributed by atoms with E-state index in [1.54, 1.807) is 6.92 Å². The minimum absolute atomic E-state index is 0.00131. The number of hydrogen-bond acceptors (Lipinski definition) is 5. The number of fused-ring (bicyclic) bond motifs is 3. The fourth-order valence-corrected chi connectivity index (χ4v) is 3.90. The predicted octanol–water partition coefficient (Wildman–Crippen LogP) is 2.64. The Labute approximate surface area is 186 Å². The van der Waals surface area contributed by atoms with Crippen molar-refractivity contribution in [3.05, 3.63) is 59.7 Å². The molecule has 8 heteroatoms. The van der Waals surface area contributed by atoms with Gasteiger partial charge >= 0.3 is 12.1 Å². The molecule has 0 aromatic heterocycles. The number of aliphatic hydroxyl groups is 1. The fraction of sp³-hybridized carbons (Fsp3) is 0.375. The van der Waals surface area contributed by atoms with Gasteiger partial charge in [-0.1, -0.05) is 48.5 Å². The van der Waals surface area contributed by atoms with Crippen LogP contribution >= 0.6 is 0 Å². The molecular weight excluding hydrogens is 412 g/mol. The van der Waals surface area contributed by atoms with Gasteiger partial charge in [-0.15, -0.1) is 0 Å². The number of alkyl carbamates (subject to hydrolysis) is 1. The first-order chi connectivity index (χ1) is 15.3. The third-order valence-electron chi connectivity index (χ3n) is 5.58. The SMILES string of the molecule is CC(CCC(=O)N[C@H](C(=O)O)[C@@H](C)O)NC(=O)OCC1c2ccccc2-c2ccccc21. The average Bonchev–Trinajstić information content (AvgIpc) is 3.08. The summed E-state index contributed by atoms with van der Waals surface area (Å²) in [6.07, 6.45) is -1.50. The van der Waals surface area contributed by atoms with Crippen molar-refractivity contribution in [2.45, 2.75) is 50.8 Å². The molecule has 0 radical (unpaired) electrons. The molecule has 1 aliphatic rings. The molecule has 1 unspecified atom stereocenters. The highest BCUT2D eigenvalue weighted by Gasteiger charge is 2.29. The van der Waals surface area contributed by atoms with Crippen molar-refractivity contribution < 1.29 is 29.3 Å². The summed E-state index contributed by atoms with van der Waals surface area (Å²) in [5.41, 5.74) is 4.54. The summed E-state index contributed by atoms with van der Waals surface area (Å²) in [5.74, 6) is -1.86. The molecule has 1 aliphatic carbocycles. The zero-order valence-corrected chi connectivity index (χ0v) is 18.1. The van der Waals surface area contributed by atoms with Crippen molar-refractivity contribution in [2.24, 2.45) is 0 Å². The number of aliphatic carboxylic acids is 1. The lowest BCUT2D eigenvalue weighted by Crippen LogP contribution is -2.47. The summed E-state index contributed by atoms with van der Waals surface area (Å²) < 4.78 is 5.48. The third kappa shape index (κ3) is 5.45. The first-order valence-corrected chi connectivity index (χ1v) is 10.6. The molecule has 8 nitrogen and oxygen atoms in total. The Morgan fingerprint density at radius 3 is 2.06 bits per heavy atom. The molecule has 32 heavy (non-hydrogen) atoms. The van der Waals surface area contributed by atoms with Crippen LogP contribution in [0, 0.1) is 0 Å². The van der Waals surface area contributed by atoms with E-state index in [1.807, 2.05) is 36.4 Å². The number of benzene rings is 2. The van der Waals surface area contributed by atoms with Crippen LogP contribution in [0.5, 0.6) is 0 Å². The highest BCUT2D eigenvalue weighted by atomic mass is 16.5. The number of carbonyl (C=O) groups excluding carboxylic acids is 2. The van der Waals surface area contributed by atoms with Crippen LogP contribution in [0.1, 0.15) is 43.7 Å². The molecule has 3 atom stereocenters. The van der Waals surface area contributed by atoms with E-state index in [1.165, 1.54) is 6.92 Å². The zero-order chi connectivity index (χ0) is 23.3. The van der Waals surface area contributed by atoms with Gasteiger partial charge in [-0.05, 0) is 42.5 Å². The van der Waals surface area contributed by atoms with E-state index in [9.17, 15) is 19.5 Å². The number of aliphatic hydroxyl groups excluding tert-OH is 1. The maximum Gasteiger partial charge on any atom is 0.407 e. The molecule has 2 aromatic carbocycles. The molecule has 0 aliphatic heterocycles. The summed E-state index contributed by atoms with van der Waals surface area (Å²) in [7, 11) is 0. The number of hydrogen-bond donors (Lipinski definition) is 4. The lowest BCUT2D eigenvalue weighted by Gasteiger charge is -2.19. The summed E-state index contributed by atoms with van der Waals surface area (Å²) >= 11 is 0. The molecule has 0 saturated carbocycles. The van der Waals surface area contributed by atoms with Gasteiger partial charge in [0.15, 0.2) is 6.04 Å². The first-order valence-electron chi connectivity index (χ1n) is 10.6. The van der Waals surface area contributed by atoms with Gasteiger partial charge in [-0.2, -0.15) is 0 Å². The smallest absolute Gasteiger partial charge is 0.407 e. The molecule has 0 bridgehead atoms. The Morgan fingerprint density at radius 2 is 1.53 bits per heavy atom. The molecule has 0 fully saturated rings. The second-order valence-electron chi connectivity index (χ2n) is 8.03. The maximum absolute atomic E-state index is 12.3. The molecular formula is C24H28N2O6. The van der Waals surface area contributed by atoms with Gasteiger partial charge in [0, 0.05) is 18.4 Å². The highest BCUT2D eigenvalue weighted by molar-refractivity contribution is 5.84. The number of carboxylic acids is 1. The maximum atomic E-state index is 12.3. The quantitative estimate of drug-likeness (QED) is 0.475. The van der Waals surface area contributed by atoms with Crippen molar-refractivity contribution in [1.29, 1.82) is 0 Å². The Morgan fingerprint density at radius 1 is 0.969 bits per heavy atom. The summed E-state index contributed by atoms with van der Waals surface area (Å²) in [6.45, 7) is 3.22. The van der Waals surface area contributed by atoms with Gasteiger partial charge in [0.1, 0.15) is 6.61 Å². The largest absolute Gasteiger partial charge is 0.480 e. The highest BCUT2D eigenvalue weighted by Crippen LogP contribution is 2.44. The number of nitrogens with one attached hydrogen (secondary N) is 2. The first kappa shape index (κ1) is 23.3. The van der Waals surface area contributed by atoms with Crippen LogP contribution in [0.25, 0.3) is 11.1 Å². The van der Waals surface area contributed by atoms with Crippen LogP contribution in [0.2, 0.25) is 0 Å². The molecule has 2 amide bonds. The zero-order valence-electron chi connectivity index (χ0n) is 18.1. The molecule has 4 N–H and O–H groups in total. The predicted molar refractivity (Wildman–Crippen MR) is 118 cm³/mol. The Bertz CT molecular complexity index is 944. The van der Waals surface area contributed by atoms with E-state index in [0.29, 0.717) is 6.42 Å². The van der Waals surface area contributed by atoms with Crippen molar-refractivity contribution in [1.82, 2.24) is 10.6 Å². The van der Waals surface area contributed by atoms with E-state index in [-0.39, 0.29) is 25.0 Å². The Balaban J connectivity index is 1.48. The van der Waals surface area contributed by atoms with Crippen LogP contribution in [-0.4, -0.2) is 53.0 Å². The van der Waals surface area contributed by atoms with E-state index in [2.05, 4.69) is 22.8 Å². The van der Waals surface area contributed by atoms with Crippen molar-refractivity contribution in [3.63, 3.8) is 0 Å². The van der Waals surface area contributed by atoms with Gasteiger partial charge in [-0.25, -0.2) is 9.59 Å². The Hall–Kier alpha value is -3.39. The van der Waals surface area contributed by atoms with E-state index in [4.69, 9.17) is 9.84 Å². The van der Waals surface area contributed by atoms with E-state index >= 15 is 0 Å². The van der Waals surface area contributed by atoms with Crippen LogP contribution < -0.4 is 10.6 Å². The molecule has 0 heterocycles. The fourth-order valence-electron chi connectivity index (χ4n) is 3.90. The normalized spacial score (nSPS) is 15.1.